The molecule has 0 aliphatic heterocycles. The molecule has 4 rings (SSSR count). The van der Waals surface area contributed by atoms with Crippen molar-refractivity contribution < 1.29 is 27.5 Å². The lowest BCUT2D eigenvalue weighted by Gasteiger charge is -2.41. The second-order valence-corrected chi connectivity index (χ2v) is 10.6. The van der Waals surface area contributed by atoms with E-state index in [1.54, 1.807) is 33.7 Å². The van der Waals surface area contributed by atoms with E-state index >= 15 is 4.39 Å². The van der Waals surface area contributed by atoms with Crippen LogP contribution in [0.25, 0.3) is 16.9 Å². The van der Waals surface area contributed by atoms with Gasteiger partial charge in [-0.3, -0.25) is 9.78 Å². The summed E-state index contributed by atoms with van der Waals surface area (Å²) in [5.74, 6) is -0.782. The van der Waals surface area contributed by atoms with Crippen molar-refractivity contribution >= 4 is 17.1 Å². The number of primary amides is 1. The molecular weight excluding hydrogens is 530 g/mol. The molecule has 1 fully saturated rings. The highest BCUT2D eigenvalue weighted by Gasteiger charge is 2.36. The SMILES string of the molecule is CC(C)(O)[C@H](F)CN(c1cc(-c2ccc3cc(C#N)cnn23)ncc1C(N)=O)C1CCC(NCC(F)(F)F)CC1. The molecule has 1 amide bonds. The Morgan fingerprint density at radius 3 is 2.55 bits per heavy atom. The molecule has 13 heteroatoms. The van der Waals surface area contributed by atoms with Gasteiger partial charge < -0.3 is 21.1 Å². The zero-order valence-electron chi connectivity index (χ0n) is 22.1. The van der Waals surface area contributed by atoms with E-state index in [9.17, 15) is 28.3 Å². The Hall–Kier alpha value is -3.76. The van der Waals surface area contributed by atoms with Gasteiger partial charge in [0.1, 0.15) is 12.2 Å². The number of nitriles is 1. The van der Waals surface area contributed by atoms with Crippen molar-refractivity contribution in [3.63, 3.8) is 0 Å². The number of carbonyl (C=O) groups is 1. The lowest BCUT2D eigenvalue weighted by molar-refractivity contribution is -0.126. The average Bonchev–Trinajstić information content (AvgIpc) is 3.32. The van der Waals surface area contributed by atoms with E-state index in [0.717, 1.165) is 0 Å². The van der Waals surface area contributed by atoms with Gasteiger partial charge in [-0.15, -0.1) is 0 Å². The minimum absolute atomic E-state index is 0.0459. The fraction of sp³-hybridized carbons (Fsp3) is 0.481. The first-order valence-corrected chi connectivity index (χ1v) is 12.9. The zero-order chi connectivity index (χ0) is 29.2. The minimum atomic E-state index is -4.32. The van der Waals surface area contributed by atoms with Crippen LogP contribution >= 0.6 is 0 Å². The lowest BCUT2D eigenvalue weighted by atomic mass is 9.88. The standard InChI is InChI=1S/C27H31F4N7O2/c1-26(2,40)24(28)14-37(18-5-3-17(4-6-18)35-15-27(29,30)31)23-10-21(34-13-20(23)25(33)39)22-8-7-19-9-16(11-32)12-36-38(19)22/h7-10,12-13,17-18,24,35,40H,3-6,14-15H2,1-2H3,(H2,33,39)/t17?,18?,24-/m1/s1. The summed E-state index contributed by atoms with van der Waals surface area (Å²) < 4.78 is 55.0. The molecule has 1 atom stereocenters. The molecule has 1 aliphatic rings. The van der Waals surface area contributed by atoms with Crippen LogP contribution in [-0.2, 0) is 0 Å². The van der Waals surface area contributed by atoms with Crippen molar-refractivity contribution in [2.45, 2.75) is 69.6 Å². The van der Waals surface area contributed by atoms with E-state index < -0.39 is 30.4 Å². The van der Waals surface area contributed by atoms with E-state index in [1.807, 2.05) is 6.07 Å². The number of hydrogen-bond donors (Lipinski definition) is 3. The van der Waals surface area contributed by atoms with E-state index in [0.29, 0.717) is 53.8 Å². The number of pyridine rings is 1. The van der Waals surface area contributed by atoms with Gasteiger partial charge in [-0.1, -0.05) is 0 Å². The number of nitrogens with zero attached hydrogens (tertiary/aromatic N) is 5. The third-order valence-electron chi connectivity index (χ3n) is 7.20. The highest BCUT2D eigenvalue weighted by molar-refractivity contribution is 5.99. The van der Waals surface area contributed by atoms with Crippen LogP contribution in [-0.4, -0.2) is 68.7 Å². The first kappa shape index (κ1) is 29.2. The molecule has 9 nitrogen and oxygen atoms in total. The number of hydrogen-bond acceptors (Lipinski definition) is 7. The Bertz CT molecular complexity index is 1400. The third kappa shape index (κ3) is 6.68. The van der Waals surface area contributed by atoms with Crippen LogP contribution in [0.15, 0.2) is 36.7 Å². The molecule has 0 spiro atoms. The molecule has 3 aromatic heterocycles. The Morgan fingerprint density at radius 1 is 1.25 bits per heavy atom. The van der Waals surface area contributed by atoms with Crippen LogP contribution in [0.5, 0.6) is 0 Å². The Morgan fingerprint density at radius 2 is 1.95 bits per heavy atom. The molecule has 1 aliphatic carbocycles. The quantitative estimate of drug-likeness (QED) is 0.339. The maximum atomic E-state index is 15.3. The van der Waals surface area contributed by atoms with Gasteiger partial charge >= 0.3 is 6.18 Å². The lowest BCUT2D eigenvalue weighted by Crippen LogP contribution is -2.49. The molecular formula is C27H31F4N7O2. The average molecular weight is 562 g/mol. The molecule has 0 radical (unpaired) electrons. The fourth-order valence-corrected chi connectivity index (χ4v) is 4.96. The Labute approximate surface area is 228 Å². The zero-order valence-corrected chi connectivity index (χ0v) is 22.1. The summed E-state index contributed by atoms with van der Waals surface area (Å²) in [5, 5.41) is 26.4. The monoisotopic (exact) mass is 561 g/mol. The molecule has 214 valence electrons. The topological polar surface area (TPSA) is 133 Å². The van der Waals surface area contributed by atoms with Crippen LogP contribution in [0, 0.1) is 11.3 Å². The number of alkyl halides is 4. The molecule has 40 heavy (non-hydrogen) atoms. The van der Waals surface area contributed by atoms with Crippen molar-refractivity contribution in [3.8, 4) is 17.5 Å². The number of halogens is 4. The van der Waals surface area contributed by atoms with Crippen molar-refractivity contribution in [1.29, 1.82) is 5.26 Å². The predicted molar refractivity (Wildman–Crippen MR) is 140 cm³/mol. The molecule has 1 saturated carbocycles. The van der Waals surface area contributed by atoms with Gasteiger partial charge in [0.25, 0.3) is 5.91 Å². The van der Waals surface area contributed by atoms with Crippen LogP contribution < -0.4 is 16.0 Å². The molecule has 0 bridgehead atoms. The number of amides is 1. The molecule has 3 heterocycles. The van der Waals surface area contributed by atoms with Gasteiger partial charge in [0.05, 0.1) is 58.6 Å². The highest BCUT2D eigenvalue weighted by atomic mass is 19.4. The first-order chi connectivity index (χ1) is 18.8. The summed E-state index contributed by atoms with van der Waals surface area (Å²) in [6, 6.07) is 8.11. The molecule has 4 N–H and O–H groups in total. The predicted octanol–water partition coefficient (Wildman–Crippen LogP) is 3.75. The Kier molecular flexibility index (Phi) is 8.32. The minimum Gasteiger partial charge on any atom is -0.387 e. The third-order valence-corrected chi connectivity index (χ3v) is 7.20. The van der Waals surface area contributed by atoms with Crippen molar-refractivity contribution in [3.05, 3.63) is 47.8 Å². The number of nitrogens with two attached hydrogens (primary N) is 1. The number of aliphatic hydroxyl groups is 1. The number of nitrogens with one attached hydrogen (secondary N) is 1. The van der Waals surface area contributed by atoms with Crippen LogP contribution in [0.2, 0.25) is 0 Å². The van der Waals surface area contributed by atoms with Gasteiger partial charge in [-0.2, -0.15) is 23.5 Å². The number of carbonyl (C=O) groups excluding carboxylic acids is 1. The summed E-state index contributed by atoms with van der Waals surface area (Å²) in [6.07, 6.45) is -1.65. The molecule has 0 saturated heterocycles. The molecule has 0 aromatic carbocycles. The number of rotatable bonds is 9. The summed E-state index contributed by atoms with van der Waals surface area (Å²) in [6.45, 7) is 1.31. The van der Waals surface area contributed by atoms with Crippen LogP contribution in [0.4, 0.5) is 23.2 Å². The summed E-state index contributed by atoms with van der Waals surface area (Å²) in [5.41, 5.74) is 6.32. The molecule has 0 unspecified atom stereocenters. The van der Waals surface area contributed by atoms with Gasteiger partial charge in [-0.25, -0.2) is 8.91 Å². The number of fused-ring (bicyclic) bond motifs is 1. The Balaban J connectivity index is 1.71. The number of aromatic nitrogens is 3. The van der Waals surface area contributed by atoms with Crippen LogP contribution in [0.3, 0.4) is 0 Å². The van der Waals surface area contributed by atoms with Gasteiger partial charge in [0.15, 0.2) is 0 Å². The fourth-order valence-electron chi connectivity index (χ4n) is 4.96. The second kappa shape index (κ2) is 11.4. The normalized spacial score (nSPS) is 18.9. The van der Waals surface area contributed by atoms with E-state index in [-0.39, 0.29) is 24.2 Å². The van der Waals surface area contributed by atoms with Gasteiger partial charge in [0, 0.05) is 18.3 Å². The van der Waals surface area contributed by atoms with E-state index in [4.69, 9.17) is 5.73 Å². The maximum Gasteiger partial charge on any atom is 0.401 e. The molecule has 3 aromatic rings. The first-order valence-electron chi connectivity index (χ1n) is 12.9. The van der Waals surface area contributed by atoms with Gasteiger partial charge in [-0.05, 0) is 63.8 Å². The highest BCUT2D eigenvalue weighted by Crippen LogP contribution is 2.34. The summed E-state index contributed by atoms with van der Waals surface area (Å²) in [7, 11) is 0. The van der Waals surface area contributed by atoms with Crippen LogP contribution in [0.1, 0.15) is 55.5 Å². The van der Waals surface area contributed by atoms with E-state index in [2.05, 4.69) is 15.4 Å². The van der Waals surface area contributed by atoms with Gasteiger partial charge in [0.2, 0.25) is 0 Å². The summed E-state index contributed by atoms with van der Waals surface area (Å²) >= 11 is 0. The van der Waals surface area contributed by atoms with Crippen molar-refractivity contribution in [2.75, 3.05) is 18.0 Å². The smallest absolute Gasteiger partial charge is 0.387 e. The van der Waals surface area contributed by atoms with Crippen molar-refractivity contribution in [1.82, 2.24) is 19.9 Å². The summed E-state index contributed by atoms with van der Waals surface area (Å²) in [4.78, 5) is 18.5. The van der Waals surface area contributed by atoms with E-state index in [1.165, 1.54) is 26.2 Å². The largest absolute Gasteiger partial charge is 0.401 e. The number of anilines is 1. The maximum absolute atomic E-state index is 15.3. The van der Waals surface area contributed by atoms with Crippen molar-refractivity contribution in [2.24, 2.45) is 5.73 Å². The second-order valence-electron chi connectivity index (χ2n) is 10.6.